The molecule has 124 valence electrons. The Bertz CT molecular complexity index is 812. The van der Waals surface area contributed by atoms with Crippen molar-refractivity contribution >= 4 is 34.7 Å². The molecule has 0 aliphatic carbocycles. The molecule has 4 nitrogen and oxygen atoms in total. The summed E-state index contributed by atoms with van der Waals surface area (Å²) in [5.41, 5.74) is 1.93. The summed E-state index contributed by atoms with van der Waals surface area (Å²) in [7, 11) is 0. The summed E-state index contributed by atoms with van der Waals surface area (Å²) in [4.78, 5) is 19.9. The highest BCUT2D eigenvalue weighted by Gasteiger charge is 2.10. The highest BCUT2D eigenvalue weighted by molar-refractivity contribution is 7.14. The molecule has 1 N–H and O–H groups in total. The first kappa shape index (κ1) is 17.7. The molecule has 0 radical (unpaired) electrons. The van der Waals surface area contributed by atoms with Crippen LogP contribution in [0.3, 0.4) is 0 Å². The lowest BCUT2D eigenvalue weighted by molar-refractivity contribution is -0.115. The summed E-state index contributed by atoms with van der Waals surface area (Å²) in [6.07, 6.45) is 5.11. The molecular formula is C17H15F2N3OS. The van der Waals surface area contributed by atoms with Gasteiger partial charge in [0.1, 0.15) is 0 Å². The van der Waals surface area contributed by atoms with Crippen LogP contribution in [0.4, 0.5) is 13.9 Å². The van der Waals surface area contributed by atoms with E-state index in [-0.39, 0.29) is 12.3 Å². The second-order valence-electron chi connectivity index (χ2n) is 4.75. The van der Waals surface area contributed by atoms with Gasteiger partial charge in [0, 0.05) is 11.6 Å². The van der Waals surface area contributed by atoms with Crippen LogP contribution < -0.4 is 5.32 Å². The number of halogens is 2. The Hall–Kier alpha value is -2.67. The minimum absolute atomic E-state index is 0.0666. The predicted molar refractivity (Wildman–Crippen MR) is 93.1 cm³/mol. The summed E-state index contributed by atoms with van der Waals surface area (Å²) in [5, 5.41) is 4.87. The van der Waals surface area contributed by atoms with E-state index in [2.05, 4.69) is 22.0 Å². The van der Waals surface area contributed by atoms with Gasteiger partial charge in [-0.2, -0.15) is 0 Å². The fourth-order valence-electron chi connectivity index (χ4n) is 1.92. The van der Waals surface area contributed by atoms with Gasteiger partial charge in [-0.1, -0.05) is 12.1 Å². The number of aliphatic imine (C=N–C) groups is 1. The Morgan fingerprint density at radius 1 is 1.42 bits per heavy atom. The molecule has 1 aromatic heterocycles. The molecule has 1 heterocycles. The van der Waals surface area contributed by atoms with Gasteiger partial charge in [-0.3, -0.25) is 9.79 Å². The first-order valence-corrected chi connectivity index (χ1v) is 7.90. The number of benzene rings is 1. The number of rotatable bonds is 6. The number of hydrogen-bond donors (Lipinski definition) is 1. The molecule has 2 rings (SSSR count). The van der Waals surface area contributed by atoms with Crippen LogP contribution in [-0.4, -0.2) is 17.6 Å². The Morgan fingerprint density at radius 2 is 2.21 bits per heavy atom. The molecule has 1 amide bonds. The number of carbonyl (C=O) groups is 1. The van der Waals surface area contributed by atoms with E-state index in [1.165, 1.54) is 17.4 Å². The molecule has 2 aromatic rings. The van der Waals surface area contributed by atoms with Crippen LogP contribution in [0.2, 0.25) is 0 Å². The Morgan fingerprint density at radius 3 is 2.88 bits per heavy atom. The average molecular weight is 347 g/mol. The van der Waals surface area contributed by atoms with Crippen LogP contribution in [0.5, 0.6) is 0 Å². The van der Waals surface area contributed by atoms with E-state index in [9.17, 15) is 13.6 Å². The molecule has 0 aliphatic rings. The zero-order valence-corrected chi connectivity index (χ0v) is 13.7. The lowest BCUT2D eigenvalue weighted by atomic mass is 10.1. The van der Waals surface area contributed by atoms with Crippen molar-refractivity contribution in [2.75, 3.05) is 5.32 Å². The maximum Gasteiger partial charge on any atom is 0.230 e. The fourth-order valence-corrected chi connectivity index (χ4v) is 2.66. The van der Waals surface area contributed by atoms with Crippen LogP contribution in [0.25, 0.3) is 5.57 Å². The number of allylic oxidation sites excluding steroid dienone is 3. The molecule has 0 saturated heterocycles. The number of hydrogen-bond acceptors (Lipinski definition) is 4. The first-order valence-electron chi connectivity index (χ1n) is 7.02. The van der Waals surface area contributed by atoms with Crippen LogP contribution in [0.15, 0.2) is 46.9 Å². The second kappa shape index (κ2) is 8.26. The van der Waals surface area contributed by atoms with Gasteiger partial charge in [0.25, 0.3) is 0 Å². The van der Waals surface area contributed by atoms with Crippen molar-refractivity contribution in [1.29, 1.82) is 0 Å². The van der Waals surface area contributed by atoms with E-state index < -0.39 is 11.6 Å². The molecule has 0 unspecified atom stereocenters. The average Bonchev–Trinajstić information content (AvgIpc) is 3.00. The number of anilines is 1. The molecule has 0 saturated carbocycles. The van der Waals surface area contributed by atoms with Crippen LogP contribution in [-0.2, 0) is 11.2 Å². The third-order valence-electron chi connectivity index (χ3n) is 3.07. The first-order chi connectivity index (χ1) is 11.5. The van der Waals surface area contributed by atoms with E-state index in [0.29, 0.717) is 16.4 Å². The third-order valence-corrected chi connectivity index (χ3v) is 3.82. The fraction of sp³-hybridized carbons (Fsp3) is 0.118. The minimum Gasteiger partial charge on any atom is -0.302 e. The van der Waals surface area contributed by atoms with E-state index >= 15 is 0 Å². The van der Waals surface area contributed by atoms with Crippen molar-refractivity contribution < 1.29 is 13.6 Å². The van der Waals surface area contributed by atoms with Gasteiger partial charge in [-0.05, 0) is 43.0 Å². The van der Waals surface area contributed by atoms with E-state index in [4.69, 9.17) is 0 Å². The van der Waals surface area contributed by atoms with Gasteiger partial charge in [0.15, 0.2) is 16.8 Å². The summed E-state index contributed by atoms with van der Waals surface area (Å²) in [6.45, 7) is 5.23. The number of carbonyl (C=O) groups excluding carboxylic acids is 1. The monoisotopic (exact) mass is 347 g/mol. The van der Waals surface area contributed by atoms with Crippen molar-refractivity contribution in [2.24, 2.45) is 4.99 Å². The van der Waals surface area contributed by atoms with Crippen LogP contribution in [0.1, 0.15) is 18.2 Å². The van der Waals surface area contributed by atoms with E-state index in [0.717, 1.165) is 17.7 Å². The standard InChI is InChI=1S/C17H15F2N3OS/c1-3-12(6-7-20-2)15-10-24-17(21-15)22-16(23)9-11-4-5-13(18)14(19)8-11/h3-8,10H,2,9H2,1H3,(H,21,22,23)/b7-6-,12-3+. The van der Waals surface area contributed by atoms with Gasteiger partial charge < -0.3 is 5.32 Å². The highest BCUT2D eigenvalue weighted by Crippen LogP contribution is 2.22. The number of thiazole rings is 1. The molecule has 7 heteroatoms. The summed E-state index contributed by atoms with van der Waals surface area (Å²) in [5.74, 6) is -2.27. The van der Waals surface area contributed by atoms with Gasteiger partial charge in [-0.15, -0.1) is 11.3 Å². The van der Waals surface area contributed by atoms with Crippen molar-refractivity contribution in [2.45, 2.75) is 13.3 Å². The van der Waals surface area contributed by atoms with Gasteiger partial charge in [0.05, 0.1) is 12.1 Å². The van der Waals surface area contributed by atoms with Crippen molar-refractivity contribution in [3.63, 3.8) is 0 Å². The summed E-state index contributed by atoms with van der Waals surface area (Å²) >= 11 is 1.27. The molecule has 0 atom stereocenters. The Kier molecular flexibility index (Phi) is 6.08. The smallest absolute Gasteiger partial charge is 0.230 e. The molecule has 0 aliphatic heterocycles. The van der Waals surface area contributed by atoms with Gasteiger partial charge in [-0.25, -0.2) is 13.8 Å². The SMILES string of the molecule is C=N/C=C\C(=C/C)c1csc(NC(=O)Cc2ccc(F)c(F)c2)n1. The normalized spacial score (nSPS) is 11.7. The number of amides is 1. The summed E-state index contributed by atoms with van der Waals surface area (Å²) in [6, 6.07) is 3.38. The van der Waals surface area contributed by atoms with Crippen LogP contribution in [0, 0.1) is 11.6 Å². The molecule has 0 fully saturated rings. The molecule has 24 heavy (non-hydrogen) atoms. The highest BCUT2D eigenvalue weighted by atomic mass is 32.1. The van der Waals surface area contributed by atoms with Crippen molar-refractivity contribution in [1.82, 2.24) is 4.98 Å². The van der Waals surface area contributed by atoms with Crippen LogP contribution >= 0.6 is 11.3 Å². The minimum atomic E-state index is -0.975. The molecule has 1 aromatic carbocycles. The van der Waals surface area contributed by atoms with E-state index in [1.807, 2.05) is 13.0 Å². The lowest BCUT2D eigenvalue weighted by Crippen LogP contribution is -2.14. The number of nitrogens with zero attached hydrogens (tertiary/aromatic N) is 2. The topological polar surface area (TPSA) is 54.4 Å². The third kappa shape index (κ3) is 4.66. The number of aromatic nitrogens is 1. The van der Waals surface area contributed by atoms with Crippen molar-refractivity contribution in [3.05, 3.63) is 64.8 Å². The zero-order valence-electron chi connectivity index (χ0n) is 12.9. The maximum atomic E-state index is 13.1. The maximum absolute atomic E-state index is 13.1. The van der Waals surface area contributed by atoms with E-state index in [1.54, 1.807) is 17.7 Å². The molecule has 0 bridgehead atoms. The lowest BCUT2D eigenvalue weighted by Gasteiger charge is -2.03. The molecule has 0 spiro atoms. The largest absolute Gasteiger partial charge is 0.302 e. The van der Waals surface area contributed by atoms with Gasteiger partial charge >= 0.3 is 0 Å². The predicted octanol–water partition coefficient (Wildman–Crippen LogP) is 4.22. The Balaban J connectivity index is 2.03. The quantitative estimate of drug-likeness (QED) is 0.628. The zero-order chi connectivity index (χ0) is 17.5. The molecular weight excluding hydrogens is 332 g/mol. The summed E-state index contributed by atoms with van der Waals surface area (Å²) < 4.78 is 26.0. The van der Waals surface area contributed by atoms with Gasteiger partial charge in [0.2, 0.25) is 5.91 Å². The van der Waals surface area contributed by atoms with Crippen molar-refractivity contribution in [3.8, 4) is 0 Å². The number of nitrogens with one attached hydrogen (secondary N) is 1. The Labute approximate surface area is 142 Å². The second-order valence-corrected chi connectivity index (χ2v) is 5.61.